The lowest BCUT2D eigenvalue weighted by Crippen LogP contribution is -2.36. The van der Waals surface area contributed by atoms with Gasteiger partial charge < -0.3 is 14.6 Å². The van der Waals surface area contributed by atoms with Gasteiger partial charge >= 0.3 is 5.76 Å². The Balaban J connectivity index is 1.60. The highest BCUT2D eigenvalue weighted by Crippen LogP contribution is 2.25. The third-order valence-corrected chi connectivity index (χ3v) is 8.12. The molecular weight excluding hydrogens is 456 g/mol. The predicted molar refractivity (Wildman–Crippen MR) is 131 cm³/mol. The van der Waals surface area contributed by atoms with E-state index in [-0.39, 0.29) is 10.5 Å². The van der Waals surface area contributed by atoms with Crippen LogP contribution in [0.2, 0.25) is 0 Å². The SMILES string of the molecule is Cc1ccc(C(=O)Nc2ccc3oc(=O)n(CCN(C)C)c3c2)cc1S(=O)(=O)N1CCCCC1. The second-order valence-electron chi connectivity index (χ2n) is 8.90. The second-order valence-corrected chi connectivity index (χ2v) is 10.8. The van der Waals surface area contributed by atoms with Crippen LogP contribution < -0.4 is 11.1 Å². The van der Waals surface area contributed by atoms with Crippen LogP contribution in [0, 0.1) is 6.92 Å². The Morgan fingerprint density at radius 3 is 2.53 bits per heavy atom. The van der Waals surface area contributed by atoms with Crippen LogP contribution in [0.15, 0.2) is 50.5 Å². The molecule has 3 aromatic rings. The van der Waals surface area contributed by atoms with Gasteiger partial charge in [0, 0.05) is 37.4 Å². The summed E-state index contributed by atoms with van der Waals surface area (Å²) in [6.45, 7) is 3.84. The van der Waals surface area contributed by atoms with Crippen LogP contribution in [0.5, 0.6) is 0 Å². The molecule has 1 aliphatic heterocycles. The maximum Gasteiger partial charge on any atom is 0.419 e. The van der Waals surface area contributed by atoms with Gasteiger partial charge in [0.05, 0.1) is 10.4 Å². The van der Waals surface area contributed by atoms with Crippen molar-refractivity contribution in [1.82, 2.24) is 13.8 Å². The summed E-state index contributed by atoms with van der Waals surface area (Å²) in [5, 5.41) is 2.81. The Kier molecular flexibility index (Phi) is 6.92. The minimum Gasteiger partial charge on any atom is -0.408 e. The van der Waals surface area contributed by atoms with E-state index >= 15 is 0 Å². The van der Waals surface area contributed by atoms with E-state index in [9.17, 15) is 18.0 Å². The van der Waals surface area contributed by atoms with Crippen LogP contribution >= 0.6 is 0 Å². The zero-order valence-corrected chi connectivity index (χ0v) is 20.5. The maximum absolute atomic E-state index is 13.2. The van der Waals surface area contributed by atoms with Gasteiger partial charge in [-0.25, -0.2) is 13.2 Å². The molecule has 10 heteroatoms. The number of likely N-dealkylation sites (N-methyl/N-ethyl adjacent to an activating group) is 1. The third-order valence-electron chi connectivity index (χ3n) is 6.08. The van der Waals surface area contributed by atoms with Crippen molar-refractivity contribution in [3.8, 4) is 0 Å². The largest absolute Gasteiger partial charge is 0.419 e. The molecule has 4 rings (SSSR count). The molecule has 0 saturated carbocycles. The number of oxazole rings is 1. The van der Waals surface area contributed by atoms with E-state index in [1.54, 1.807) is 37.3 Å². The summed E-state index contributed by atoms with van der Waals surface area (Å²) in [5.41, 5.74) is 2.36. The quantitative estimate of drug-likeness (QED) is 0.551. The van der Waals surface area contributed by atoms with Gasteiger partial charge in [0.1, 0.15) is 0 Å². The number of carbonyl (C=O) groups excluding carboxylic acids is 1. The standard InChI is InChI=1S/C24H30N4O5S/c1-17-7-8-18(15-22(17)34(31,32)27-11-5-4-6-12-27)23(29)25-19-9-10-21-20(16-19)28(24(30)33-21)14-13-26(2)3/h7-10,15-16H,4-6,11-14H2,1-3H3,(H,25,29). The van der Waals surface area contributed by atoms with Crippen LogP contribution in [0.1, 0.15) is 35.2 Å². The number of aryl methyl sites for hydroxylation is 1. The fraction of sp³-hybridized carbons (Fsp3) is 0.417. The van der Waals surface area contributed by atoms with Crippen molar-refractivity contribution in [2.75, 3.05) is 39.0 Å². The molecule has 0 bridgehead atoms. The van der Waals surface area contributed by atoms with Crippen LogP contribution in [-0.4, -0.2) is 61.8 Å². The van der Waals surface area contributed by atoms with Crippen LogP contribution in [0.4, 0.5) is 5.69 Å². The van der Waals surface area contributed by atoms with Crippen molar-refractivity contribution in [3.63, 3.8) is 0 Å². The number of aromatic nitrogens is 1. The Hall–Kier alpha value is -2.95. The minimum absolute atomic E-state index is 0.157. The van der Waals surface area contributed by atoms with Crippen LogP contribution in [-0.2, 0) is 16.6 Å². The van der Waals surface area contributed by atoms with Crippen LogP contribution in [0.25, 0.3) is 11.1 Å². The summed E-state index contributed by atoms with van der Waals surface area (Å²) in [5.74, 6) is -0.883. The molecule has 1 amide bonds. The van der Waals surface area contributed by atoms with E-state index in [0.29, 0.717) is 48.5 Å². The molecule has 0 radical (unpaired) electrons. The minimum atomic E-state index is -3.67. The van der Waals surface area contributed by atoms with E-state index < -0.39 is 21.7 Å². The number of nitrogens with zero attached hydrogens (tertiary/aromatic N) is 3. The van der Waals surface area contributed by atoms with Crippen molar-refractivity contribution >= 4 is 32.7 Å². The molecule has 0 atom stereocenters. The second kappa shape index (κ2) is 9.73. The molecule has 1 saturated heterocycles. The average molecular weight is 487 g/mol. The number of hydrogen-bond donors (Lipinski definition) is 1. The molecule has 2 heterocycles. The zero-order valence-electron chi connectivity index (χ0n) is 19.7. The molecule has 9 nitrogen and oxygen atoms in total. The number of hydrogen-bond acceptors (Lipinski definition) is 6. The highest BCUT2D eigenvalue weighted by Gasteiger charge is 2.28. The number of sulfonamides is 1. The number of nitrogens with one attached hydrogen (secondary N) is 1. The first-order chi connectivity index (χ1) is 16.2. The number of amides is 1. The molecule has 0 unspecified atom stereocenters. The Bertz CT molecular complexity index is 1370. The van der Waals surface area contributed by atoms with Gasteiger partial charge in [0.15, 0.2) is 5.58 Å². The van der Waals surface area contributed by atoms with Gasteiger partial charge in [-0.15, -0.1) is 0 Å². The number of piperidine rings is 1. The van der Waals surface area contributed by atoms with Crippen molar-refractivity contribution in [2.24, 2.45) is 0 Å². The molecule has 0 spiro atoms. The Morgan fingerprint density at radius 2 is 1.82 bits per heavy atom. The lowest BCUT2D eigenvalue weighted by molar-refractivity contribution is 0.102. The van der Waals surface area contributed by atoms with Gasteiger partial charge in [-0.1, -0.05) is 12.5 Å². The van der Waals surface area contributed by atoms with Crippen molar-refractivity contribution in [1.29, 1.82) is 0 Å². The summed E-state index contributed by atoms with van der Waals surface area (Å²) in [6.07, 6.45) is 2.71. The van der Waals surface area contributed by atoms with E-state index in [2.05, 4.69) is 5.32 Å². The number of carbonyl (C=O) groups is 1. The third kappa shape index (κ3) is 4.94. The number of fused-ring (bicyclic) bond motifs is 1. The Morgan fingerprint density at radius 1 is 1.09 bits per heavy atom. The molecule has 0 aliphatic carbocycles. The normalized spacial score (nSPS) is 15.2. The van der Waals surface area contributed by atoms with E-state index in [0.717, 1.165) is 19.3 Å². The number of benzene rings is 2. The molecule has 1 aromatic heterocycles. The molecule has 2 aromatic carbocycles. The topological polar surface area (TPSA) is 105 Å². The molecule has 182 valence electrons. The van der Waals surface area contributed by atoms with E-state index in [4.69, 9.17) is 4.42 Å². The van der Waals surface area contributed by atoms with E-state index in [1.807, 2.05) is 19.0 Å². The van der Waals surface area contributed by atoms with E-state index in [1.165, 1.54) is 14.9 Å². The average Bonchev–Trinajstić information content (AvgIpc) is 3.12. The predicted octanol–water partition coefficient (Wildman–Crippen LogP) is 2.89. The summed E-state index contributed by atoms with van der Waals surface area (Å²) in [4.78, 5) is 27.4. The van der Waals surface area contributed by atoms with Crippen LogP contribution in [0.3, 0.4) is 0 Å². The van der Waals surface area contributed by atoms with Gasteiger partial charge in [-0.05, 0) is 69.8 Å². The van der Waals surface area contributed by atoms with Gasteiger partial charge in [-0.2, -0.15) is 4.31 Å². The Labute approximate surface area is 199 Å². The van der Waals surface area contributed by atoms with Crippen molar-refractivity contribution in [2.45, 2.75) is 37.6 Å². The monoisotopic (exact) mass is 486 g/mol. The van der Waals surface area contributed by atoms with Crippen molar-refractivity contribution in [3.05, 3.63) is 58.1 Å². The highest BCUT2D eigenvalue weighted by molar-refractivity contribution is 7.89. The number of rotatable bonds is 7. The summed E-state index contributed by atoms with van der Waals surface area (Å²) < 4.78 is 34.7. The summed E-state index contributed by atoms with van der Waals surface area (Å²) >= 11 is 0. The number of anilines is 1. The highest BCUT2D eigenvalue weighted by atomic mass is 32.2. The fourth-order valence-electron chi connectivity index (χ4n) is 4.12. The lowest BCUT2D eigenvalue weighted by Gasteiger charge is -2.26. The summed E-state index contributed by atoms with van der Waals surface area (Å²) in [7, 11) is 0.166. The lowest BCUT2D eigenvalue weighted by atomic mass is 10.1. The first kappa shape index (κ1) is 24.2. The van der Waals surface area contributed by atoms with Crippen molar-refractivity contribution < 1.29 is 17.6 Å². The van der Waals surface area contributed by atoms with Gasteiger partial charge in [0.2, 0.25) is 10.0 Å². The molecule has 1 N–H and O–H groups in total. The molecule has 1 fully saturated rings. The first-order valence-electron chi connectivity index (χ1n) is 11.4. The van der Waals surface area contributed by atoms with Gasteiger partial charge in [-0.3, -0.25) is 9.36 Å². The zero-order chi connectivity index (χ0) is 24.5. The summed E-state index contributed by atoms with van der Waals surface area (Å²) in [6, 6.07) is 9.69. The van der Waals surface area contributed by atoms with Gasteiger partial charge in [0.25, 0.3) is 5.91 Å². The fourth-order valence-corrected chi connectivity index (χ4v) is 5.89. The molecular formula is C24H30N4O5S. The molecule has 1 aliphatic rings. The first-order valence-corrected chi connectivity index (χ1v) is 12.8. The smallest absolute Gasteiger partial charge is 0.408 e. The molecule has 34 heavy (non-hydrogen) atoms. The maximum atomic E-state index is 13.2.